The summed E-state index contributed by atoms with van der Waals surface area (Å²) in [6.45, 7) is 9.35. The summed E-state index contributed by atoms with van der Waals surface area (Å²) in [4.78, 5) is 16.9. The first-order valence-corrected chi connectivity index (χ1v) is 8.30. The SMILES string of the molecule is Cc1cc(C(=O)NCC(C)(C)CCO)c(C)n1Cc1ccccn1. The molecule has 0 atom stereocenters. The highest BCUT2D eigenvalue weighted by atomic mass is 16.3. The largest absolute Gasteiger partial charge is 0.396 e. The highest BCUT2D eigenvalue weighted by Gasteiger charge is 2.21. The third-order valence-corrected chi connectivity index (χ3v) is 4.38. The first-order chi connectivity index (χ1) is 11.3. The Morgan fingerprint density at radius 1 is 1.33 bits per heavy atom. The molecular weight excluding hydrogens is 302 g/mol. The van der Waals surface area contributed by atoms with Gasteiger partial charge >= 0.3 is 0 Å². The zero-order valence-corrected chi connectivity index (χ0v) is 15.0. The summed E-state index contributed by atoms with van der Waals surface area (Å²) in [6, 6.07) is 7.77. The van der Waals surface area contributed by atoms with Crippen LogP contribution in [0, 0.1) is 19.3 Å². The van der Waals surface area contributed by atoms with Gasteiger partial charge in [0.2, 0.25) is 0 Å². The molecule has 1 amide bonds. The van der Waals surface area contributed by atoms with Gasteiger partial charge in [-0.3, -0.25) is 9.78 Å². The van der Waals surface area contributed by atoms with E-state index < -0.39 is 0 Å². The van der Waals surface area contributed by atoms with E-state index in [1.54, 1.807) is 6.20 Å². The Morgan fingerprint density at radius 2 is 2.08 bits per heavy atom. The lowest BCUT2D eigenvalue weighted by atomic mass is 9.89. The van der Waals surface area contributed by atoms with E-state index in [2.05, 4.69) is 14.9 Å². The van der Waals surface area contributed by atoms with Crippen LogP contribution in [0.3, 0.4) is 0 Å². The van der Waals surface area contributed by atoms with Crippen LogP contribution in [0.4, 0.5) is 0 Å². The molecule has 0 aliphatic carbocycles. The molecule has 2 heterocycles. The van der Waals surface area contributed by atoms with Crippen molar-refractivity contribution in [2.75, 3.05) is 13.2 Å². The number of aromatic nitrogens is 2. The Morgan fingerprint density at radius 3 is 2.71 bits per heavy atom. The molecule has 5 nitrogen and oxygen atoms in total. The number of carbonyl (C=O) groups excluding carboxylic acids is 1. The van der Waals surface area contributed by atoms with Gasteiger partial charge in [-0.05, 0) is 43.9 Å². The molecule has 0 radical (unpaired) electrons. The minimum atomic E-state index is -0.121. The fourth-order valence-electron chi connectivity index (χ4n) is 2.73. The second kappa shape index (κ2) is 7.62. The van der Waals surface area contributed by atoms with Gasteiger partial charge in [-0.1, -0.05) is 19.9 Å². The third kappa shape index (κ3) is 4.45. The molecule has 5 heteroatoms. The Bertz CT molecular complexity index is 690. The Kier molecular flexibility index (Phi) is 5.78. The number of hydrogen-bond acceptors (Lipinski definition) is 3. The molecule has 2 aromatic rings. The van der Waals surface area contributed by atoms with Gasteiger partial charge in [0, 0.05) is 30.7 Å². The molecule has 0 aliphatic rings. The van der Waals surface area contributed by atoms with E-state index in [0.29, 0.717) is 25.1 Å². The zero-order chi connectivity index (χ0) is 17.7. The topological polar surface area (TPSA) is 67.2 Å². The molecule has 0 saturated carbocycles. The van der Waals surface area contributed by atoms with Gasteiger partial charge in [0.1, 0.15) is 0 Å². The summed E-state index contributed by atoms with van der Waals surface area (Å²) in [6.07, 6.45) is 2.44. The number of aryl methyl sites for hydroxylation is 1. The number of nitrogens with one attached hydrogen (secondary N) is 1. The average Bonchev–Trinajstić information content (AvgIpc) is 2.82. The van der Waals surface area contributed by atoms with Crippen LogP contribution in [0.5, 0.6) is 0 Å². The molecule has 130 valence electrons. The summed E-state index contributed by atoms with van der Waals surface area (Å²) in [7, 11) is 0. The predicted octanol–water partition coefficient (Wildman–Crippen LogP) is 2.69. The number of aliphatic hydroxyl groups excluding tert-OH is 1. The van der Waals surface area contributed by atoms with Gasteiger partial charge in [0.25, 0.3) is 5.91 Å². The molecule has 0 aliphatic heterocycles. The van der Waals surface area contributed by atoms with Gasteiger partial charge in [-0.25, -0.2) is 0 Å². The Labute approximate surface area is 143 Å². The molecule has 2 rings (SSSR count). The van der Waals surface area contributed by atoms with Crippen molar-refractivity contribution in [1.29, 1.82) is 0 Å². The number of amides is 1. The zero-order valence-electron chi connectivity index (χ0n) is 15.0. The van der Waals surface area contributed by atoms with E-state index in [1.807, 2.05) is 52.0 Å². The molecule has 2 N–H and O–H groups in total. The van der Waals surface area contributed by atoms with Gasteiger partial charge in [-0.2, -0.15) is 0 Å². The van der Waals surface area contributed by atoms with Crippen molar-refractivity contribution >= 4 is 5.91 Å². The normalized spacial score (nSPS) is 11.5. The first-order valence-electron chi connectivity index (χ1n) is 8.30. The van der Waals surface area contributed by atoms with Crippen molar-refractivity contribution in [3.63, 3.8) is 0 Å². The molecule has 0 spiro atoms. The summed E-state index contributed by atoms with van der Waals surface area (Å²) < 4.78 is 2.11. The summed E-state index contributed by atoms with van der Waals surface area (Å²) in [5.74, 6) is -0.0682. The van der Waals surface area contributed by atoms with Gasteiger partial charge < -0.3 is 15.0 Å². The third-order valence-electron chi connectivity index (χ3n) is 4.38. The molecule has 2 aromatic heterocycles. The Balaban J connectivity index is 2.11. The molecule has 0 unspecified atom stereocenters. The summed E-state index contributed by atoms with van der Waals surface area (Å²) >= 11 is 0. The fraction of sp³-hybridized carbons (Fsp3) is 0.474. The van der Waals surface area contributed by atoms with Crippen LogP contribution in [0.25, 0.3) is 0 Å². The lowest BCUT2D eigenvalue weighted by molar-refractivity contribution is 0.0927. The summed E-state index contributed by atoms with van der Waals surface area (Å²) in [5.41, 5.74) is 3.52. The molecule has 24 heavy (non-hydrogen) atoms. The van der Waals surface area contributed by atoms with E-state index in [0.717, 1.165) is 17.1 Å². The molecular formula is C19H27N3O2. The van der Waals surface area contributed by atoms with Crippen molar-refractivity contribution in [2.24, 2.45) is 5.41 Å². The number of hydrogen-bond donors (Lipinski definition) is 2. The van der Waals surface area contributed by atoms with Crippen LogP contribution in [0.15, 0.2) is 30.5 Å². The maximum Gasteiger partial charge on any atom is 0.253 e. The van der Waals surface area contributed by atoms with Crippen LogP contribution >= 0.6 is 0 Å². The highest BCUT2D eigenvalue weighted by Crippen LogP contribution is 2.20. The number of pyridine rings is 1. The average molecular weight is 329 g/mol. The maximum atomic E-state index is 12.5. The van der Waals surface area contributed by atoms with E-state index in [9.17, 15) is 4.79 Å². The van der Waals surface area contributed by atoms with Gasteiger partial charge in [0.05, 0.1) is 17.8 Å². The smallest absolute Gasteiger partial charge is 0.253 e. The molecule has 0 aromatic carbocycles. The predicted molar refractivity (Wildman–Crippen MR) is 95.1 cm³/mol. The van der Waals surface area contributed by atoms with E-state index in [1.165, 1.54) is 0 Å². The van der Waals surface area contributed by atoms with E-state index in [-0.39, 0.29) is 17.9 Å². The standard InChI is InChI=1S/C19H27N3O2/c1-14-11-17(18(24)21-13-19(3,4)8-10-23)15(2)22(14)12-16-7-5-6-9-20-16/h5-7,9,11,23H,8,10,12-13H2,1-4H3,(H,21,24). The number of nitrogens with zero attached hydrogens (tertiary/aromatic N) is 2. The first kappa shape index (κ1) is 18.2. The van der Waals surface area contributed by atoms with Crippen molar-refractivity contribution in [2.45, 2.75) is 40.7 Å². The van der Waals surface area contributed by atoms with Crippen molar-refractivity contribution in [1.82, 2.24) is 14.9 Å². The van der Waals surface area contributed by atoms with Gasteiger partial charge in [-0.15, -0.1) is 0 Å². The van der Waals surface area contributed by atoms with Crippen LogP contribution in [0.2, 0.25) is 0 Å². The number of aliphatic hydroxyl groups is 1. The van der Waals surface area contributed by atoms with Crippen molar-refractivity contribution in [3.05, 3.63) is 53.1 Å². The highest BCUT2D eigenvalue weighted by molar-refractivity contribution is 5.95. The van der Waals surface area contributed by atoms with Crippen molar-refractivity contribution < 1.29 is 9.90 Å². The minimum absolute atomic E-state index is 0.0682. The number of carbonyl (C=O) groups is 1. The van der Waals surface area contributed by atoms with E-state index in [4.69, 9.17) is 5.11 Å². The molecule has 0 saturated heterocycles. The molecule has 0 fully saturated rings. The number of rotatable bonds is 7. The molecule has 0 bridgehead atoms. The monoisotopic (exact) mass is 329 g/mol. The van der Waals surface area contributed by atoms with E-state index >= 15 is 0 Å². The minimum Gasteiger partial charge on any atom is -0.396 e. The lowest BCUT2D eigenvalue weighted by Crippen LogP contribution is -2.34. The van der Waals surface area contributed by atoms with Crippen LogP contribution in [-0.4, -0.2) is 33.7 Å². The van der Waals surface area contributed by atoms with Crippen LogP contribution in [0.1, 0.15) is 47.7 Å². The maximum absolute atomic E-state index is 12.5. The van der Waals surface area contributed by atoms with Gasteiger partial charge in [0.15, 0.2) is 0 Å². The Hall–Kier alpha value is -2.14. The quantitative estimate of drug-likeness (QED) is 0.821. The van der Waals surface area contributed by atoms with Crippen LogP contribution in [-0.2, 0) is 6.54 Å². The lowest BCUT2D eigenvalue weighted by Gasteiger charge is -2.23. The summed E-state index contributed by atoms with van der Waals surface area (Å²) in [5, 5.41) is 12.1. The van der Waals surface area contributed by atoms with Crippen molar-refractivity contribution in [3.8, 4) is 0 Å². The fourth-order valence-corrected chi connectivity index (χ4v) is 2.73. The second-order valence-electron chi connectivity index (χ2n) is 7.01. The second-order valence-corrected chi connectivity index (χ2v) is 7.01. The van der Waals surface area contributed by atoms with Crippen LogP contribution < -0.4 is 5.32 Å².